The number of hydrogen-bond donors (Lipinski definition) is 1. The van der Waals surface area contributed by atoms with Gasteiger partial charge >= 0.3 is 0 Å². The van der Waals surface area contributed by atoms with Gasteiger partial charge in [0, 0.05) is 0 Å². The lowest BCUT2D eigenvalue weighted by Gasteiger charge is -2.08. The summed E-state index contributed by atoms with van der Waals surface area (Å²) in [6.07, 6.45) is 3.17. The molecular formula is C18H18N2O3. The highest BCUT2D eigenvalue weighted by Crippen LogP contribution is 2.17. The molecule has 0 heterocycles. The monoisotopic (exact) mass is 310 g/mol. The molecule has 0 radical (unpaired) electrons. The molecule has 2 aromatic rings. The maximum Gasteiger partial charge on any atom is 0.275 e. The van der Waals surface area contributed by atoms with Gasteiger partial charge in [0.25, 0.3) is 5.91 Å². The molecule has 0 aromatic heterocycles. The van der Waals surface area contributed by atoms with Gasteiger partial charge < -0.3 is 9.47 Å². The second-order valence-electron chi connectivity index (χ2n) is 4.57. The molecule has 0 bridgehead atoms. The molecule has 5 heteroatoms. The zero-order valence-electron chi connectivity index (χ0n) is 12.9. The molecule has 0 unspecified atom stereocenters. The zero-order chi connectivity index (χ0) is 16.5. The highest BCUT2D eigenvalue weighted by molar-refractivity contribution is 5.97. The van der Waals surface area contributed by atoms with Crippen molar-refractivity contribution in [1.29, 1.82) is 0 Å². The first-order valence-corrected chi connectivity index (χ1v) is 7.04. The molecule has 1 N–H and O–H groups in total. The molecule has 0 saturated carbocycles. The lowest BCUT2D eigenvalue weighted by atomic mass is 10.2. The molecule has 23 heavy (non-hydrogen) atoms. The summed E-state index contributed by atoms with van der Waals surface area (Å²) in [7, 11) is 1.60. The molecule has 0 atom stereocenters. The largest absolute Gasteiger partial charge is 0.497 e. The van der Waals surface area contributed by atoms with Crippen LogP contribution in [0.25, 0.3) is 0 Å². The fourth-order valence-corrected chi connectivity index (χ4v) is 1.88. The Morgan fingerprint density at radius 3 is 2.87 bits per heavy atom. The Morgan fingerprint density at radius 1 is 1.26 bits per heavy atom. The Balaban J connectivity index is 2.04. The third-order valence-electron chi connectivity index (χ3n) is 2.96. The lowest BCUT2D eigenvalue weighted by Crippen LogP contribution is -2.18. The molecule has 2 rings (SSSR count). The Bertz CT molecular complexity index is 711. The SMILES string of the molecule is C=CCOc1ccccc1C(=O)N/N=C/c1cccc(OC)c1. The minimum atomic E-state index is -0.344. The average Bonchev–Trinajstić information content (AvgIpc) is 2.60. The van der Waals surface area contributed by atoms with E-state index in [-0.39, 0.29) is 5.91 Å². The van der Waals surface area contributed by atoms with Crippen molar-refractivity contribution in [3.63, 3.8) is 0 Å². The second kappa shape index (κ2) is 8.38. The van der Waals surface area contributed by atoms with Gasteiger partial charge in [0.1, 0.15) is 18.1 Å². The third-order valence-corrected chi connectivity index (χ3v) is 2.96. The number of carbonyl (C=O) groups is 1. The normalized spacial score (nSPS) is 10.3. The number of nitrogens with zero attached hydrogens (tertiary/aromatic N) is 1. The summed E-state index contributed by atoms with van der Waals surface area (Å²) >= 11 is 0. The molecule has 0 aliphatic heterocycles. The molecule has 5 nitrogen and oxygen atoms in total. The van der Waals surface area contributed by atoms with E-state index in [2.05, 4.69) is 17.1 Å². The van der Waals surface area contributed by atoms with Gasteiger partial charge in [-0.15, -0.1) is 0 Å². The molecule has 118 valence electrons. The molecule has 0 spiro atoms. The number of hydrogen-bond acceptors (Lipinski definition) is 4. The molecule has 0 aliphatic carbocycles. The maximum absolute atomic E-state index is 12.2. The molecule has 0 aliphatic rings. The summed E-state index contributed by atoms with van der Waals surface area (Å²) in [5.74, 6) is 0.869. The van der Waals surface area contributed by atoms with Crippen molar-refractivity contribution in [2.75, 3.05) is 13.7 Å². The van der Waals surface area contributed by atoms with Crippen molar-refractivity contribution in [3.8, 4) is 11.5 Å². The Labute approximate surface area is 135 Å². The van der Waals surface area contributed by atoms with E-state index < -0.39 is 0 Å². The van der Waals surface area contributed by atoms with Crippen LogP contribution in [0.3, 0.4) is 0 Å². The molecule has 2 aromatic carbocycles. The van der Waals surface area contributed by atoms with Crippen LogP contribution >= 0.6 is 0 Å². The smallest absolute Gasteiger partial charge is 0.275 e. The number of methoxy groups -OCH3 is 1. The van der Waals surface area contributed by atoms with E-state index in [1.165, 1.54) is 0 Å². The van der Waals surface area contributed by atoms with Crippen LogP contribution in [0.4, 0.5) is 0 Å². The first-order chi connectivity index (χ1) is 11.2. The fraction of sp³-hybridized carbons (Fsp3) is 0.111. The minimum Gasteiger partial charge on any atom is -0.497 e. The van der Waals surface area contributed by atoms with Crippen molar-refractivity contribution < 1.29 is 14.3 Å². The van der Waals surface area contributed by atoms with E-state index in [9.17, 15) is 4.79 Å². The number of benzene rings is 2. The number of nitrogens with one attached hydrogen (secondary N) is 1. The Morgan fingerprint density at radius 2 is 2.09 bits per heavy atom. The van der Waals surface area contributed by atoms with Gasteiger partial charge in [-0.3, -0.25) is 4.79 Å². The maximum atomic E-state index is 12.2. The van der Waals surface area contributed by atoms with E-state index >= 15 is 0 Å². The molecular weight excluding hydrogens is 292 g/mol. The van der Waals surface area contributed by atoms with Crippen molar-refractivity contribution in [1.82, 2.24) is 5.43 Å². The second-order valence-corrected chi connectivity index (χ2v) is 4.57. The highest BCUT2D eigenvalue weighted by Gasteiger charge is 2.10. The number of para-hydroxylation sites is 1. The average molecular weight is 310 g/mol. The number of rotatable bonds is 7. The quantitative estimate of drug-likeness (QED) is 0.486. The number of amides is 1. The summed E-state index contributed by atoms with van der Waals surface area (Å²) in [5, 5.41) is 3.96. The van der Waals surface area contributed by atoms with E-state index in [0.717, 1.165) is 11.3 Å². The van der Waals surface area contributed by atoms with Gasteiger partial charge in [0.2, 0.25) is 0 Å². The Hall–Kier alpha value is -3.08. The summed E-state index contributed by atoms with van der Waals surface area (Å²) in [4.78, 5) is 12.2. The van der Waals surface area contributed by atoms with Crippen LogP contribution in [-0.4, -0.2) is 25.8 Å². The van der Waals surface area contributed by atoms with Crippen LogP contribution in [0.5, 0.6) is 11.5 Å². The lowest BCUT2D eigenvalue weighted by molar-refractivity contribution is 0.0951. The summed E-state index contributed by atoms with van der Waals surface area (Å²) in [5.41, 5.74) is 3.72. The first-order valence-electron chi connectivity index (χ1n) is 7.04. The molecule has 0 fully saturated rings. The van der Waals surface area contributed by atoms with E-state index in [0.29, 0.717) is 17.9 Å². The van der Waals surface area contributed by atoms with Crippen molar-refractivity contribution in [2.45, 2.75) is 0 Å². The van der Waals surface area contributed by atoms with Gasteiger partial charge in [-0.25, -0.2) is 5.43 Å². The number of carbonyl (C=O) groups excluding carboxylic acids is 1. The van der Waals surface area contributed by atoms with Gasteiger partial charge in [-0.1, -0.05) is 36.9 Å². The summed E-state index contributed by atoms with van der Waals surface area (Å²) < 4.78 is 10.6. The number of hydrazone groups is 1. The molecule has 1 amide bonds. The van der Waals surface area contributed by atoms with Crippen LogP contribution < -0.4 is 14.9 Å². The third kappa shape index (κ3) is 4.71. The predicted molar refractivity (Wildman–Crippen MR) is 90.2 cm³/mol. The van der Waals surface area contributed by atoms with E-state index in [1.807, 2.05) is 24.3 Å². The van der Waals surface area contributed by atoms with Gasteiger partial charge in [0.15, 0.2) is 0 Å². The standard InChI is InChI=1S/C18H18N2O3/c1-3-11-23-17-10-5-4-9-16(17)18(21)20-19-13-14-7-6-8-15(12-14)22-2/h3-10,12-13H,1,11H2,2H3,(H,20,21)/b19-13+. The van der Waals surface area contributed by atoms with Crippen LogP contribution in [0, 0.1) is 0 Å². The fourth-order valence-electron chi connectivity index (χ4n) is 1.88. The van der Waals surface area contributed by atoms with Crippen molar-refractivity contribution in [3.05, 3.63) is 72.3 Å². The van der Waals surface area contributed by atoms with E-state index in [4.69, 9.17) is 9.47 Å². The Kier molecular flexibility index (Phi) is 5.94. The van der Waals surface area contributed by atoms with Crippen LogP contribution in [-0.2, 0) is 0 Å². The molecule has 0 saturated heterocycles. The van der Waals surface area contributed by atoms with Crippen LogP contribution in [0.1, 0.15) is 15.9 Å². The van der Waals surface area contributed by atoms with Gasteiger partial charge in [-0.2, -0.15) is 5.10 Å². The van der Waals surface area contributed by atoms with Crippen molar-refractivity contribution >= 4 is 12.1 Å². The van der Waals surface area contributed by atoms with E-state index in [1.54, 1.807) is 43.7 Å². The summed E-state index contributed by atoms with van der Waals surface area (Å²) in [6, 6.07) is 14.3. The topological polar surface area (TPSA) is 59.9 Å². The van der Waals surface area contributed by atoms with Gasteiger partial charge in [0.05, 0.1) is 18.9 Å². The van der Waals surface area contributed by atoms with Crippen molar-refractivity contribution in [2.24, 2.45) is 5.10 Å². The zero-order valence-corrected chi connectivity index (χ0v) is 12.9. The highest BCUT2D eigenvalue weighted by atomic mass is 16.5. The summed E-state index contributed by atoms with van der Waals surface area (Å²) in [6.45, 7) is 3.92. The number of ether oxygens (including phenoxy) is 2. The first kappa shape index (κ1) is 16.3. The minimum absolute atomic E-state index is 0.331. The van der Waals surface area contributed by atoms with Crippen LogP contribution in [0.15, 0.2) is 66.3 Å². The van der Waals surface area contributed by atoms with Crippen LogP contribution in [0.2, 0.25) is 0 Å². The van der Waals surface area contributed by atoms with Gasteiger partial charge in [-0.05, 0) is 29.8 Å². The predicted octanol–water partition coefficient (Wildman–Crippen LogP) is 3.02.